The summed E-state index contributed by atoms with van der Waals surface area (Å²) in [6.45, 7) is 1.90. The maximum absolute atomic E-state index is 12.7. The number of sulfonamides is 1. The molecule has 12 heteroatoms. The second kappa shape index (κ2) is 10.3. The Balaban J connectivity index is 1.44. The SMILES string of the molecule is N#Cc1cc(S(=O)(=O)Nc2cscn2)ccc1Oc1ccc(Cl)cc1-c1ccn(C2CCNCC2)n1. The van der Waals surface area contributed by atoms with E-state index < -0.39 is 10.0 Å². The molecule has 1 aliphatic heterocycles. The van der Waals surface area contributed by atoms with Crippen LogP contribution < -0.4 is 14.8 Å². The fourth-order valence-corrected chi connectivity index (χ4v) is 5.73. The second-order valence-electron chi connectivity index (χ2n) is 8.15. The second-order valence-corrected chi connectivity index (χ2v) is 11.0. The molecule has 4 aromatic rings. The topological polar surface area (TPSA) is 122 Å². The zero-order valence-electron chi connectivity index (χ0n) is 18.9. The van der Waals surface area contributed by atoms with Gasteiger partial charge in [-0.05, 0) is 68.4 Å². The summed E-state index contributed by atoms with van der Waals surface area (Å²) >= 11 is 7.55. The number of ether oxygens (including phenoxy) is 1. The third-order valence-corrected chi connectivity index (χ3v) is 7.96. The van der Waals surface area contributed by atoms with Crippen molar-refractivity contribution in [3.63, 3.8) is 0 Å². The largest absolute Gasteiger partial charge is 0.455 e. The first kappa shape index (κ1) is 24.3. The molecule has 0 saturated carbocycles. The number of halogens is 1. The molecule has 0 atom stereocenters. The lowest BCUT2D eigenvalue weighted by molar-refractivity contribution is 0.343. The predicted molar refractivity (Wildman–Crippen MR) is 138 cm³/mol. The van der Waals surface area contributed by atoms with Gasteiger partial charge >= 0.3 is 0 Å². The van der Waals surface area contributed by atoms with Crippen molar-refractivity contribution in [2.24, 2.45) is 0 Å². The van der Waals surface area contributed by atoms with Crippen LogP contribution >= 0.6 is 22.9 Å². The summed E-state index contributed by atoms with van der Waals surface area (Å²) in [5, 5.41) is 19.9. The minimum absolute atomic E-state index is 0.0669. The van der Waals surface area contributed by atoms with Crippen molar-refractivity contribution in [3.8, 4) is 28.8 Å². The van der Waals surface area contributed by atoms with Crippen LogP contribution in [0, 0.1) is 11.3 Å². The molecule has 36 heavy (non-hydrogen) atoms. The van der Waals surface area contributed by atoms with E-state index >= 15 is 0 Å². The quantitative estimate of drug-likeness (QED) is 0.336. The third-order valence-electron chi connectivity index (χ3n) is 5.78. The van der Waals surface area contributed by atoms with E-state index in [9.17, 15) is 13.7 Å². The molecule has 1 saturated heterocycles. The Hall–Kier alpha value is -3.43. The number of piperidine rings is 1. The Labute approximate surface area is 217 Å². The van der Waals surface area contributed by atoms with Gasteiger partial charge in [0.05, 0.1) is 27.7 Å². The molecule has 1 aliphatic rings. The van der Waals surface area contributed by atoms with E-state index in [1.807, 2.05) is 23.0 Å². The van der Waals surface area contributed by atoms with Crippen molar-refractivity contribution in [2.45, 2.75) is 23.8 Å². The molecule has 0 unspecified atom stereocenters. The van der Waals surface area contributed by atoms with Gasteiger partial charge < -0.3 is 10.1 Å². The molecule has 3 heterocycles. The van der Waals surface area contributed by atoms with Crippen LogP contribution in [0.4, 0.5) is 5.82 Å². The van der Waals surface area contributed by atoms with E-state index in [-0.39, 0.29) is 22.0 Å². The average molecular weight is 541 g/mol. The van der Waals surface area contributed by atoms with Crippen LogP contribution in [0.25, 0.3) is 11.3 Å². The van der Waals surface area contributed by atoms with Gasteiger partial charge in [-0.25, -0.2) is 13.4 Å². The molecule has 2 aromatic carbocycles. The summed E-state index contributed by atoms with van der Waals surface area (Å²) in [6, 6.07) is 13.5. The number of benzene rings is 2. The first-order valence-corrected chi connectivity index (χ1v) is 13.9. The summed E-state index contributed by atoms with van der Waals surface area (Å²) in [7, 11) is -3.92. The number of anilines is 1. The molecular formula is C24H21ClN6O3S2. The van der Waals surface area contributed by atoms with E-state index in [0.29, 0.717) is 28.1 Å². The summed E-state index contributed by atoms with van der Waals surface area (Å²) in [5.41, 5.74) is 2.95. The van der Waals surface area contributed by atoms with E-state index in [0.717, 1.165) is 25.9 Å². The van der Waals surface area contributed by atoms with Crippen molar-refractivity contribution >= 4 is 38.8 Å². The van der Waals surface area contributed by atoms with Gasteiger partial charge in [-0.15, -0.1) is 11.3 Å². The van der Waals surface area contributed by atoms with Crippen molar-refractivity contribution in [3.05, 3.63) is 70.1 Å². The smallest absolute Gasteiger partial charge is 0.263 e. The lowest BCUT2D eigenvalue weighted by atomic mass is 10.1. The van der Waals surface area contributed by atoms with Crippen LogP contribution in [0.2, 0.25) is 5.02 Å². The number of thiazole rings is 1. The fourth-order valence-electron chi connectivity index (χ4n) is 3.98. The van der Waals surface area contributed by atoms with Crippen molar-refractivity contribution in [2.75, 3.05) is 17.8 Å². The molecule has 9 nitrogen and oxygen atoms in total. The van der Waals surface area contributed by atoms with E-state index in [1.165, 1.54) is 35.0 Å². The summed E-state index contributed by atoms with van der Waals surface area (Å²) in [6.07, 6.45) is 3.95. The molecule has 0 amide bonds. The molecule has 0 aliphatic carbocycles. The van der Waals surface area contributed by atoms with Gasteiger partial charge in [-0.1, -0.05) is 11.6 Å². The Kier molecular flexibility index (Phi) is 6.93. The molecule has 1 fully saturated rings. The zero-order valence-corrected chi connectivity index (χ0v) is 21.3. The molecular weight excluding hydrogens is 520 g/mol. The van der Waals surface area contributed by atoms with Crippen LogP contribution in [-0.2, 0) is 10.0 Å². The standard InChI is InChI=1S/C24H21ClN6O3S2/c25-17-1-3-23(20(12-17)21-7-10-31(29-21)18-5-8-27-9-6-18)34-22-4-2-19(11-16(22)13-26)36(32,33)30-24-14-35-15-28-24/h1-4,7,10-12,14-15,18,27,30H,5-6,8-9H2. The van der Waals surface area contributed by atoms with Crippen molar-refractivity contribution in [1.82, 2.24) is 20.1 Å². The summed E-state index contributed by atoms with van der Waals surface area (Å²) in [4.78, 5) is 3.86. The molecule has 2 aromatic heterocycles. The molecule has 184 valence electrons. The number of aromatic nitrogens is 3. The van der Waals surface area contributed by atoms with E-state index in [2.05, 4.69) is 15.0 Å². The zero-order chi connectivity index (χ0) is 25.1. The minimum Gasteiger partial charge on any atom is -0.455 e. The van der Waals surface area contributed by atoms with Crippen LogP contribution in [0.5, 0.6) is 11.5 Å². The number of rotatable bonds is 7. The van der Waals surface area contributed by atoms with Crippen LogP contribution in [0.3, 0.4) is 0 Å². The van der Waals surface area contributed by atoms with Crippen LogP contribution in [0.15, 0.2) is 64.4 Å². The summed E-state index contributed by atoms with van der Waals surface area (Å²) < 4.78 is 35.9. The van der Waals surface area contributed by atoms with E-state index in [1.54, 1.807) is 23.6 Å². The number of nitriles is 1. The van der Waals surface area contributed by atoms with Gasteiger partial charge in [0.1, 0.15) is 17.6 Å². The van der Waals surface area contributed by atoms with Gasteiger partial charge in [0.2, 0.25) is 0 Å². The minimum atomic E-state index is -3.92. The maximum Gasteiger partial charge on any atom is 0.263 e. The average Bonchev–Trinajstić information content (AvgIpc) is 3.58. The lowest BCUT2D eigenvalue weighted by Crippen LogP contribution is -2.29. The number of hydrogen-bond acceptors (Lipinski definition) is 8. The highest BCUT2D eigenvalue weighted by atomic mass is 35.5. The fraction of sp³-hybridized carbons (Fsp3) is 0.208. The van der Waals surface area contributed by atoms with Gasteiger partial charge in [-0.3, -0.25) is 9.40 Å². The lowest BCUT2D eigenvalue weighted by Gasteiger charge is -2.22. The monoisotopic (exact) mass is 540 g/mol. The molecule has 5 rings (SSSR count). The van der Waals surface area contributed by atoms with Crippen molar-refractivity contribution < 1.29 is 13.2 Å². The van der Waals surface area contributed by atoms with E-state index in [4.69, 9.17) is 21.4 Å². The molecule has 0 bridgehead atoms. The maximum atomic E-state index is 12.7. The highest BCUT2D eigenvalue weighted by Crippen LogP contribution is 2.37. The Morgan fingerprint density at radius 1 is 1.17 bits per heavy atom. The highest BCUT2D eigenvalue weighted by Gasteiger charge is 2.20. The van der Waals surface area contributed by atoms with Gasteiger partial charge in [-0.2, -0.15) is 10.4 Å². The molecule has 0 spiro atoms. The highest BCUT2D eigenvalue weighted by molar-refractivity contribution is 7.92. The van der Waals surface area contributed by atoms with Gasteiger partial charge in [0.15, 0.2) is 5.82 Å². The third kappa shape index (κ3) is 5.22. The first-order valence-electron chi connectivity index (χ1n) is 11.1. The van der Waals surface area contributed by atoms with Gasteiger partial charge in [0, 0.05) is 22.2 Å². The molecule has 2 N–H and O–H groups in total. The normalized spacial score (nSPS) is 14.3. The number of nitrogens with one attached hydrogen (secondary N) is 2. The number of nitrogens with zero attached hydrogens (tertiary/aromatic N) is 4. The van der Waals surface area contributed by atoms with Crippen molar-refractivity contribution in [1.29, 1.82) is 5.26 Å². The predicted octanol–water partition coefficient (Wildman–Crippen LogP) is 5.05. The first-order chi connectivity index (χ1) is 17.4. The summed E-state index contributed by atoms with van der Waals surface area (Å²) in [5.74, 6) is 0.878. The Bertz CT molecular complexity index is 1520. The Morgan fingerprint density at radius 3 is 2.72 bits per heavy atom. The van der Waals surface area contributed by atoms with Crippen LogP contribution in [-0.4, -0.2) is 36.3 Å². The van der Waals surface area contributed by atoms with Gasteiger partial charge in [0.25, 0.3) is 10.0 Å². The Morgan fingerprint density at radius 2 is 1.97 bits per heavy atom. The molecule has 0 radical (unpaired) electrons. The van der Waals surface area contributed by atoms with Crippen LogP contribution in [0.1, 0.15) is 24.4 Å². The number of hydrogen-bond donors (Lipinski definition) is 2.